The van der Waals surface area contributed by atoms with Crippen molar-refractivity contribution in [1.29, 1.82) is 0 Å². The molecule has 0 aliphatic carbocycles. The van der Waals surface area contributed by atoms with Crippen LogP contribution < -0.4 is 10.2 Å². The number of hydrogen-bond donors (Lipinski definition) is 1. The van der Waals surface area contributed by atoms with E-state index < -0.39 is 4.92 Å². The van der Waals surface area contributed by atoms with Gasteiger partial charge in [0.2, 0.25) is 5.91 Å². The second kappa shape index (κ2) is 11.7. The Hall–Kier alpha value is -3.37. The number of thioether (sulfide) groups is 1. The summed E-state index contributed by atoms with van der Waals surface area (Å²) in [5.41, 5.74) is 2.07. The van der Waals surface area contributed by atoms with Crippen LogP contribution in [-0.2, 0) is 11.3 Å². The molecule has 0 saturated heterocycles. The fourth-order valence-electron chi connectivity index (χ4n) is 3.37. The maximum atomic E-state index is 12.4. The number of amides is 1. The third kappa shape index (κ3) is 5.95. The molecule has 0 radical (unpaired) electrons. The average molecular weight is 501 g/mol. The van der Waals surface area contributed by atoms with E-state index in [1.54, 1.807) is 6.08 Å². The first-order valence-electron chi connectivity index (χ1n) is 10.6. The molecule has 0 bridgehead atoms. The Balaban J connectivity index is 1.72. The van der Waals surface area contributed by atoms with Crippen LogP contribution in [0.2, 0.25) is 5.02 Å². The lowest BCUT2D eigenvalue weighted by molar-refractivity contribution is -0.384. The van der Waals surface area contributed by atoms with Gasteiger partial charge in [-0.3, -0.25) is 19.5 Å². The van der Waals surface area contributed by atoms with Gasteiger partial charge in [-0.15, -0.1) is 16.8 Å². The predicted molar refractivity (Wildman–Crippen MR) is 137 cm³/mol. The van der Waals surface area contributed by atoms with Crippen molar-refractivity contribution >= 4 is 46.3 Å². The van der Waals surface area contributed by atoms with Crippen molar-refractivity contribution in [3.63, 3.8) is 0 Å². The molecule has 1 N–H and O–H groups in total. The molecule has 0 fully saturated rings. The summed E-state index contributed by atoms with van der Waals surface area (Å²) in [6, 6.07) is 12.2. The van der Waals surface area contributed by atoms with Gasteiger partial charge in [-0.05, 0) is 50.2 Å². The van der Waals surface area contributed by atoms with Crippen molar-refractivity contribution in [1.82, 2.24) is 14.8 Å². The second-order valence-electron chi connectivity index (χ2n) is 7.18. The molecule has 0 spiro atoms. The number of halogens is 1. The molecule has 0 aliphatic heterocycles. The maximum absolute atomic E-state index is 12.4. The van der Waals surface area contributed by atoms with Gasteiger partial charge >= 0.3 is 0 Å². The number of nitrogens with zero attached hydrogens (tertiary/aromatic N) is 5. The summed E-state index contributed by atoms with van der Waals surface area (Å²) in [5, 5.41) is 22.9. The molecule has 0 atom stereocenters. The zero-order valence-electron chi connectivity index (χ0n) is 18.9. The van der Waals surface area contributed by atoms with Crippen molar-refractivity contribution in [2.45, 2.75) is 25.5 Å². The van der Waals surface area contributed by atoms with E-state index in [1.165, 1.54) is 30.0 Å². The number of carbonyl (C=O) groups is 1. The molecule has 1 heterocycles. The molecule has 0 aliphatic rings. The minimum Gasteiger partial charge on any atom is -0.372 e. The fourth-order valence-corrected chi connectivity index (χ4v) is 4.30. The van der Waals surface area contributed by atoms with E-state index in [9.17, 15) is 14.9 Å². The van der Waals surface area contributed by atoms with Crippen LogP contribution in [0, 0.1) is 10.1 Å². The highest BCUT2D eigenvalue weighted by Gasteiger charge is 2.17. The number of rotatable bonds is 11. The van der Waals surface area contributed by atoms with Gasteiger partial charge in [0.25, 0.3) is 5.69 Å². The van der Waals surface area contributed by atoms with Gasteiger partial charge in [-0.1, -0.05) is 29.4 Å². The molecular formula is C23H25ClN6O3S. The average Bonchev–Trinajstić information content (AvgIpc) is 3.23. The molecule has 34 heavy (non-hydrogen) atoms. The molecule has 1 aromatic heterocycles. The monoisotopic (exact) mass is 500 g/mol. The summed E-state index contributed by atoms with van der Waals surface area (Å²) in [7, 11) is 0. The first-order valence-corrected chi connectivity index (χ1v) is 12.0. The number of allylic oxidation sites excluding steroid dienone is 1. The zero-order chi connectivity index (χ0) is 24.7. The second-order valence-corrected chi connectivity index (χ2v) is 8.53. The quantitative estimate of drug-likeness (QED) is 0.165. The van der Waals surface area contributed by atoms with Crippen molar-refractivity contribution in [2.75, 3.05) is 29.1 Å². The SMILES string of the molecule is C=CCn1c(SCC(=O)Nc2ccc(Cl)c([N+](=O)[O-])c2)nnc1-c1ccc(N(CC)CC)cc1. The number of benzene rings is 2. The number of hydrogen-bond acceptors (Lipinski definition) is 7. The highest BCUT2D eigenvalue weighted by molar-refractivity contribution is 7.99. The van der Waals surface area contributed by atoms with Crippen molar-refractivity contribution in [3.05, 3.63) is 70.3 Å². The number of nitrogens with one attached hydrogen (secondary N) is 1. The summed E-state index contributed by atoms with van der Waals surface area (Å²) < 4.78 is 1.89. The first kappa shape index (κ1) is 25.3. The lowest BCUT2D eigenvalue weighted by Gasteiger charge is -2.21. The highest BCUT2D eigenvalue weighted by Crippen LogP contribution is 2.29. The summed E-state index contributed by atoms with van der Waals surface area (Å²) in [6.45, 7) is 10.4. The van der Waals surface area contributed by atoms with Gasteiger partial charge in [0.1, 0.15) is 5.02 Å². The molecule has 2 aromatic carbocycles. The van der Waals surface area contributed by atoms with Crippen LogP contribution in [0.15, 0.2) is 60.3 Å². The molecule has 0 saturated carbocycles. The van der Waals surface area contributed by atoms with Crippen molar-refractivity contribution < 1.29 is 9.72 Å². The Kier molecular flexibility index (Phi) is 8.67. The maximum Gasteiger partial charge on any atom is 0.289 e. The third-order valence-corrected chi connectivity index (χ3v) is 6.33. The number of carbonyl (C=O) groups excluding carboxylic acids is 1. The van der Waals surface area contributed by atoms with Crippen LogP contribution in [0.1, 0.15) is 13.8 Å². The Bertz CT molecular complexity index is 1180. The standard InChI is InChI=1S/C23H25ClN6O3S/c1-4-13-29-22(16-7-10-18(11-8-16)28(5-2)6-3)26-27-23(29)34-15-21(31)25-17-9-12-19(24)20(14-17)30(32)33/h4,7-12,14H,1,5-6,13,15H2,2-3H3,(H,25,31). The predicted octanol–water partition coefficient (Wildman–Crippen LogP) is 5.27. The Morgan fingerprint density at radius 3 is 2.56 bits per heavy atom. The molecule has 178 valence electrons. The molecule has 1 amide bonds. The van der Waals surface area contributed by atoms with Gasteiger partial charge in [0.15, 0.2) is 11.0 Å². The largest absolute Gasteiger partial charge is 0.372 e. The number of nitro groups is 1. The van der Waals surface area contributed by atoms with Gasteiger partial charge in [0.05, 0.1) is 10.7 Å². The normalized spacial score (nSPS) is 10.7. The first-order chi connectivity index (χ1) is 16.4. The van der Waals surface area contributed by atoms with Crippen LogP contribution in [0.25, 0.3) is 11.4 Å². The van der Waals surface area contributed by atoms with Gasteiger partial charge < -0.3 is 10.2 Å². The van der Waals surface area contributed by atoms with Crippen molar-refractivity contribution in [2.24, 2.45) is 0 Å². The minimum absolute atomic E-state index is 0.00700. The Morgan fingerprint density at radius 1 is 1.24 bits per heavy atom. The molecule has 11 heteroatoms. The fraction of sp³-hybridized carbons (Fsp3) is 0.261. The molecule has 9 nitrogen and oxygen atoms in total. The van der Waals surface area contributed by atoms with Crippen LogP contribution in [0.4, 0.5) is 17.1 Å². The summed E-state index contributed by atoms with van der Waals surface area (Å²) >= 11 is 7.04. The molecular weight excluding hydrogens is 476 g/mol. The summed E-state index contributed by atoms with van der Waals surface area (Å²) in [4.78, 5) is 25.1. The lowest BCUT2D eigenvalue weighted by Crippen LogP contribution is -2.21. The highest BCUT2D eigenvalue weighted by atomic mass is 35.5. The van der Waals surface area contributed by atoms with Crippen LogP contribution in [-0.4, -0.2) is 44.4 Å². The smallest absolute Gasteiger partial charge is 0.289 e. The van der Waals surface area contributed by atoms with Crippen LogP contribution in [0.5, 0.6) is 0 Å². The number of nitro benzene ring substituents is 1. The van der Waals surface area contributed by atoms with E-state index in [0.29, 0.717) is 23.2 Å². The van der Waals surface area contributed by atoms with Crippen molar-refractivity contribution in [3.8, 4) is 11.4 Å². The molecule has 3 rings (SSSR count). The van der Waals surface area contributed by atoms with Gasteiger partial charge in [0, 0.05) is 42.6 Å². The summed E-state index contributed by atoms with van der Waals surface area (Å²) in [5.74, 6) is 0.397. The van der Waals surface area contributed by atoms with E-state index in [2.05, 4.69) is 53.0 Å². The minimum atomic E-state index is -0.597. The van der Waals surface area contributed by atoms with Crippen LogP contribution in [0.3, 0.4) is 0 Å². The number of anilines is 2. The van der Waals surface area contributed by atoms with E-state index in [4.69, 9.17) is 11.6 Å². The topological polar surface area (TPSA) is 106 Å². The Labute approximate surface area is 207 Å². The van der Waals surface area contributed by atoms with E-state index in [-0.39, 0.29) is 22.4 Å². The third-order valence-electron chi connectivity index (χ3n) is 5.04. The number of aromatic nitrogens is 3. The molecule has 3 aromatic rings. The zero-order valence-corrected chi connectivity index (χ0v) is 20.5. The van der Waals surface area contributed by atoms with Crippen LogP contribution >= 0.6 is 23.4 Å². The van der Waals surface area contributed by atoms with Gasteiger partial charge in [-0.25, -0.2) is 0 Å². The summed E-state index contributed by atoms with van der Waals surface area (Å²) in [6.07, 6.45) is 1.74. The molecule has 0 unspecified atom stereocenters. The van der Waals surface area contributed by atoms with E-state index in [0.717, 1.165) is 24.3 Å². The van der Waals surface area contributed by atoms with Gasteiger partial charge in [-0.2, -0.15) is 0 Å². The Morgan fingerprint density at radius 2 is 1.94 bits per heavy atom. The van der Waals surface area contributed by atoms with E-state index in [1.807, 2.05) is 16.7 Å². The lowest BCUT2D eigenvalue weighted by atomic mass is 10.2. The van der Waals surface area contributed by atoms with E-state index >= 15 is 0 Å².